The van der Waals surface area contributed by atoms with Gasteiger partial charge < -0.3 is 34.9 Å². The number of nitrogens with one attached hydrogen (secondary N) is 2. The Morgan fingerprint density at radius 1 is 0.864 bits per heavy atom. The number of hydrogen-bond donors (Lipinski definition) is 3. The highest BCUT2D eigenvalue weighted by Gasteiger charge is 2.27. The van der Waals surface area contributed by atoms with Crippen LogP contribution in [-0.4, -0.2) is 105 Å². The number of aliphatic hydroxyl groups is 1. The maximum Gasteiger partial charge on any atom is 0.253 e. The Morgan fingerprint density at radius 2 is 1.53 bits per heavy atom. The van der Waals surface area contributed by atoms with Gasteiger partial charge in [-0.05, 0) is 111 Å². The van der Waals surface area contributed by atoms with Gasteiger partial charge in [-0.1, -0.05) is 11.6 Å². The van der Waals surface area contributed by atoms with E-state index in [0.717, 1.165) is 22.3 Å². The number of carbonyl (C=O) groups is 3. The molecule has 0 saturated carbocycles. The zero-order chi connectivity index (χ0) is 42.1. The first-order valence-electron chi connectivity index (χ1n) is 19.0. The number of carbonyl (C=O) groups excluding carboxylic acids is 3. The number of halogens is 1. The van der Waals surface area contributed by atoms with Crippen LogP contribution in [0.2, 0.25) is 5.02 Å². The molecule has 310 valence electrons. The average Bonchev–Trinajstić information content (AvgIpc) is 3.24. The monoisotopic (exact) mass is 843 g/mol. The lowest BCUT2D eigenvalue weighted by Crippen LogP contribution is -2.40. The summed E-state index contributed by atoms with van der Waals surface area (Å²) in [5.74, 6) is -0.0202. The Bertz CT molecular complexity index is 2410. The SMILES string of the molecule is COc1ccc(C(=O)COc2cc(C(=O)N3CCC(O)CC3)ccc2NC(=O)CCN(CCNc2cc(C)nc3ccc(Cl)cc23)S(=O)(=O)c2ccc(OC)cc2)cc1. The molecule has 6 rings (SSSR count). The molecule has 2 heterocycles. The number of sulfonamides is 1. The van der Waals surface area contributed by atoms with E-state index in [9.17, 15) is 27.9 Å². The van der Waals surface area contributed by atoms with Crippen molar-refractivity contribution in [2.45, 2.75) is 37.2 Å². The highest BCUT2D eigenvalue weighted by atomic mass is 35.5. The first-order chi connectivity index (χ1) is 28.3. The van der Waals surface area contributed by atoms with Gasteiger partial charge in [0.25, 0.3) is 5.91 Å². The number of aromatic nitrogens is 1. The summed E-state index contributed by atoms with van der Waals surface area (Å²) in [6, 6.07) is 24.3. The Balaban J connectivity index is 1.20. The third-order valence-electron chi connectivity index (χ3n) is 9.89. The number of rotatable bonds is 17. The number of likely N-dealkylation sites (tertiary alicyclic amines) is 1. The molecule has 1 fully saturated rings. The molecule has 0 spiro atoms. The van der Waals surface area contributed by atoms with Gasteiger partial charge in [0.1, 0.15) is 17.2 Å². The number of anilines is 2. The van der Waals surface area contributed by atoms with Crippen molar-refractivity contribution in [3.63, 3.8) is 0 Å². The number of benzene rings is 4. The van der Waals surface area contributed by atoms with Crippen LogP contribution >= 0.6 is 11.6 Å². The lowest BCUT2D eigenvalue weighted by Gasteiger charge is -2.29. The maximum absolute atomic E-state index is 14.1. The topological polar surface area (TPSA) is 177 Å². The number of aliphatic hydroxyl groups excluding tert-OH is 1. The van der Waals surface area contributed by atoms with E-state index in [4.69, 9.17) is 25.8 Å². The molecule has 0 bridgehead atoms. The van der Waals surface area contributed by atoms with Crippen LogP contribution in [0.15, 0.2) is 95.9 Å². The molecule has 2 amide bonds. The fraction of sp³-hybridized carbons (Fsp3) is 0.302. The molecule has 0 atom stereocenters. The predicted molar refractivity (Wildman–Crippen MR) is 225 cm³/mol. The van der Waals surface area contributed by atoms with Gasteiger partial charge in [-0.2, -0.15) is 4.31 Å². The van der Waals surface area contributed by atoms with E-state index < -0.39 is 28.6 Å². The lowest BCUT2D eigenvalue weighted by atomic mass is 10.1. The van der Waals surface area contributed by atoms with Crippen LogP contribution in [0.1, 0.15) is 45.7 Å². The Hall–Kier alpha value is -5.74. The minimum Gasteiger partial charge on any atom is -0.497 e. The first-order valence-corrected chi connectivity index (χ1v) is 20.8. The number of amides is 2. The quantitative estimate of drug-likeness (QED) is 0.0909. The van der Waals surface area contributed by atoms with E-state index in [1.165, 1.54) is 42.8 Å². The zero-order valence-electron chi connectivity index (χ0n) is 32.9. The van der Waals surface area contributed by atoms with Crippen molar-refractivity contribution < 1.29 is 42.1 Å². The molecule has 1 aliphatic rings. The van der Waals surface area contributed by atoms with Crippen LogP contribution in [0.5, 0.6) is 17.2 Å². The fourth-order valence-electron chi connectivity index (χ4n) is 6.61. The second kappa shape index (κ2) is 19.3. The minimum atomic E-state index is -4.10. The number of ether oxygens (including phenoxy) is 3. The van der Waals surface area contributed by atoms with Gasteiger partial charge in [0.2, 0.25) is 15.9 Å². The number of hydrogen-bond acceptors (Lipinski definition) is 11. The highest BCUT2D eigenvalue weighted by molar-refractivity contribution is 7.89. The van der Waals surface area contributed by atoms with Crippen LogP contribution in [0.4, 0.5) is 11.4 Å². The molecule has 4 aromatic carbocycles. The summed E-state index contributed by atoms with van der Waals surface area (Å²) in [4.78, 5) is 46.4. The van der Waals surface area contributed by atoms with E-state index >= 15 is 0 Å². The Kier molecular flexibility index (Phi) is 14.0. The number of aryl methyl sites for hydroxylation is 1. The van der Waals surface area contributed by atoms with Gasteiger partial charge in [-0.25, -0.2) is 8.42 Å². The molecule has 14 nitrogen and oxygen atoms in total. The summed E-state index contributed by atoms with van der Waals surface area (Å²) in [7, 11) is -1.09. The normalized spacial score (nSPS) is 13.3. The van der Waals surface area contributed by atoms with E-state index in [-0.39, 0.29) is 59.6 Å². The summed E-state index contributed by atoms with van der Waals surface area (Å²) >= 11 is 6.29. The third-order valence-corrected chi connectivity index (χ3v) is 12.0. The van der Waals surface area contributed by atoms with Crippen molar-refractivity contribution in [1.29, 1.82) is 0 Å². The number of methoxy groups -OCH3 is 2. The Labute approximate surface area is 348 Å². The van der Waals surface area contributed by atoms with Crippen molar-refractivity contribution >= 4 is 61.5 Å². The number of pyridine rings is 1. The molecule has 0 aliphatic carbocycles. The van der Waals surface area contributed by atoms with Gasteiger partial charge in [-0.15, -0.1) is 0 Å². The molecular formula is C43H46ClN5O9S. The molecule has 0 unspecified atom stereocenters. The van der Waals surface area contributed by atoms with Crippen LogP contribution in [0.25, 0.3) is 10.9 Å². The standard InChI is InChI=1S/C43H46ClN5O9S/c1-28-24-39(36-26-31(44)7-15-37(36)46-28)45-19-23-49(59(54,55)35-12-10-34(57-3)11-13-35)22-18-42(52)47-38-14-6-30(43(53)48-20-16-32(50)17-21-48)25-41(38)58-27-40(51)29-4-8-33(56-2)9-5-29/h4-15,24-26,32,50H,16-23,27H2,1-3H3,(H,45,46)(H,47,52). The second-order valence-electron chi connectivity index (χ2n) is 14.0. The summed E-state index contributed by atoms with van der Waals surface area (Å²) < 4.78 is 45.7. The lowest BCUT2D eigenvalue weighted by molar-refractivity contribution is -0.116. The summed E-state index contributed by atoms with van der Waals surface area (Å²) in [6.45, 7) is 2.21. The molecule has 59 heavy (non-hydrogen) atoms. The van der Waals surface area contributed by atoms with Crippen LogP contribution in [0.3, 0.4) is 0 Å². The molecule has 16 heteroatoms. The van der Waals surface area contributed by atoms with Crippen LogP contribution in [-0.2, 0) is 14.8 Å². The van der Waals surface area contributed by atoms with Crippen molar-refractivity contribution in [2.24, 2.45) is 0 Å². The van der Waals surface area contributed by atoms with E-state index in [1.54, 1.807) is 59.5 Å². The summed E-state index contributed by atoms with van der Waals surface area (Å²) in [5.41, 5.74) is 3.06. The van der Waals surface area contributed by atoms with Gasteiger partial charge in [-0.3, -0.25) is 19.4 Å². The van der Waals surface area contributed by atoms with E-state index in [2.05, 4.69) is 15.6 Å². The predicted octanol–water partition coefficient (Wildman–Crippen LogP) is 6.20. The largest absolute Gasteiger partial charge is 0.497 e. The minimum absolute atomic E-state index is 0.00274. The summed E-state index contributed by atoms with van der Waals surface area (Å²) in [6.07, 6.45) is 0.193. The number of ketones is 1. The number of piperidine rings is 1. The van der Waals surface area contributed by atoms with Gasteiger partial charge in [0.15, 0.2) is 12.4 Å². The van der Waals surface area contributed by atoms with Crippen molar-refractivity contribution in [3.8, 4) is 17.2 Å². The van der Waals surface area contributed by atoms with E-state index in [0.29, 0.717) is 48.0 Å². The average molecular weight is 844 g/mol. The maximum atomic E-state index is 14.1. The first kappa shape index (κ1) is 42.9. The third kappa shape index (κ3) is 10.9. The van der Waals surface area contributed by atoms with Gasteiger partial charge in [0, 0.05) is 72.1 Å². The molecule has 0 radical (unpaired) electrons. The second-order valence-corrected chi connectivity index (χ2v) is 16.3. The highest BCUT2D eigenvalue weighted by Crippen LogP contribution is 2.29. The molecule has 1 saturated heterocycles. The molecule has 3 N–H and O–H groups in total. The number of Topliss-reactive ketones (excluding diaryl/α,β-unsaturated/α-hetero) is 1. The number of nitrogens with zero attached hydrogens (tertiary/aromatic N) is 3. The zero-order valence-corrected chi connectivity index (χ0v) is 34.5. The van der Waals surface area contributed by atoms with Crippen LogP contribution < -0.4 is 24.8 Å². The fourth-order valence-corrected chi connectivity index (χ4v) is 8.23. The molecular weight excluding hydrogens is 798 g/mol. The van der Waals surface area contributed by atoms with Crippen molar-refractivity contribution in [1.82, 2.24) is 14.2 Å². The van der Waals surface area contributed by atoms with Crippen LogP contribution in [0, 0.1) is 6.92 Å². The molecule has 5 aromatic rings. The summed E-state index contributed by atoms with van der Waals surface area (Å²) in [5, 5.41) is 17.4. The van der Waals surface area contributed by atoms with E-state index in [1.807, 2.05) is 19.1 Å². The van der Waals surface area contributed by atoms with Crippen molar-refractivity contribution in [2.75, 3.05) is 64.2 Å². The van der Waals surface area contributed by atoms with Crippen molar-refractivity contribution in [3.05, 3.63) is 113 Å². The smallest absolute Gasteiger partial charge is 0.253 e. The van der Waals surface area contributed by atoms with Gasteiger partial charge >= 0.3 is 0 Å². The van der Waals surface area contributed by atoms with Gasteiger partial charge in [0.05, 0.1) is 36.4 Å². The molecule has 1 aliphatic heterocycles. The molecule has 1 aromatic heterocycles. The Morgan fingerprint density at radius 3 is 2.20 bits per heavy atom. The number of fused-ring (bicyclic) bond motifs is 1.